The molecule has 0 rings (SSSR count). The van der Waals surface area contributed by atoms with Crippen LogP contribution in [0.15, 0.2) is 72.9 Å². The number of ether oxygens (including phenoxy) is 1. The molecule has 1 amide bonds. The van der Waals surface area contributed by atoms with Gasteiger partial charge in [0, 0.05) is 12.8 Å². The molecule has 0 aromatic rings. The summed E-state index contributed by atoms with van der Waals surface area (Å²) in [5.41, 5.74) is 0. The summed E-state index contributed by atoms with van der Waals surface area (Å²) in [5.74, 6) is -0.576. The van der Waals surface area contributed by atoms with Gasteiger partial charge in [0.25, 0.3) is 7.82 Å². The summed E-state index contributed by atoms with van der Waals surface area (Å²) in [6, 6.07) is -0.901. The van der Waals surface area contributed by atoms with E-state index in [9.17, 15) is 19.0 Å². The fourth-order valence-electron chi connectivity index (χ4n) is 7.84. The molecule has 3 atom stereocenters. The van der Waals surface area contributed by atoms with Crippen molar-refractivity contribution < 1.29 is 37.3 Å². The van der Waals surface area contributed by atoms with Crippen LogP contribution in [0.1, 0.15) is 245 Å². The van der Waals surface area contributed by atoms with Crippen LogP contribution in [0.2, 0.25) is 0 Å². The van der Waals surface area contributed by atoms with Gasteiger partial charge in [-0.1, -0.05) is 210 Å². The average molecular weight is 1000 g/mol. The second-order valence-electron chi connectivity index (χ2n) is 20.4. The molecule has 9 nitrogen and oxygen atoms in total. The number of quaternary nitrogens is 1. The van der Waals surface area contributed by atoms with Crippen LogP contribution in [0.25, 0.3) is 0 Å². The number of carbonyl (C=O) groups is 2. The van der Waals surface area contributed by atoms with E-state index >= 15 is 0 Å². The summed E-state index contributed by atoms with van der Waals surface area (Å²) in [6.45, 7) is 6.74. The standard InChI is InChI=1S/C60H109N2O7P/c1-7-10-13-16-19-22-25-27-28-29-30-31-32-33-34-35-38-41-44-47-50-53-60(64)69-58(51-48-45-42-39-37-26-23-20-17-14-11-8-2)57(56-68-70(65,66)67-55-54-62(4,5)6)61-59(63)52-49-46-43-40-36-24-21-18-15-12-9-3/h18-19,21-22,27-28,30-31,33-34,48,51,57-58H,7-17,20,23-26,29,32,35-47,49-50,52-56H2,1-6H3,(H-,61,63,65,66)/b21-18-,22-19-,28-27-,31-30-,34-33-,51-48-. The fourth-order valence-corrected chi connectivity index (χ4v) is 8.56. The van der Waals surface area contributed by atoms with Crippen molar-refractivity contribution in [1.82, 2.24) is 5.32 Å². The van der Waals surface area contributed by atoms with E-state index < -0.39 is 26.6 Å². The number of likely N-dealkylation sites (N-methyl/N-ethyl adjacent to an activating group) is 1. The van der Waals surface area contributed by atoms with E-state index in [0.717, 1.165) is 116 Å². The zero-order chi connectivity index (χ0) is 51.5. The van der Waals surface area contributed by atoms with Gasteiger partial charge < -0.3 is 28.5 Å². The number of phosphoric ester groups is 1. The van der Waals surface area contributed by atoms with Crippen molar-refractivity contribution in [2.75, 3.05) is 40.9 Å². The van der Waals surface area contributed by atoms with Crippen molar-refractivity contribution >= 4 is 19.7 Å². The molecule has 0 spiro atoms. The molecule has 70 heavy (non-hydrogen) atoms. The van der Waals surface area contributed by atoms with Gasteiger partial charge in [0.2, 0.25) is 5.91 Å². The first-order valence-electron chi connectivity index (χ1n) is 28.7. The minimum Gasteiger partial charge on any atom is -0.756 e. The van der Waals surface area contributed by atoms with Crippen molar-refractivity contribution in [3.8, 4) is 0 Å². The number of nitrogens with one attached hydrogen (secondary N) is 1. The lowest BCUT2D eigenvalue weighted by Gasteiger charge is -2.30. The van der Waals surface area contributed by atoms with Gasteiger partial charge in [-0.3, -0.25) is 14.2 Å². The smallest absolute Gasteiger partial charge is 0.306 e. The Hall–Kier alpha value is -2.55. The number of rotatable bonds is 51. The number of phosphoric acid groups is 1. The summed E-state index contributed by atoms with van der Waals surface area (Å²) in [6.07, 6.45) is 62.9. The van der Waals surface area contributed by atoms with Gasteiger partial charge in [0.1, 0.15) is 19.3 Å². The maximum atomic E-state index is 13.4. The number of nitrogens with zero attached hydrogens (tertiary/aromatic N) is 1. The topological polar surface area (TPSA) is 114 Å². The zero-order valence-corrected chi connectivity index (χ0v) is 47.1. The van der Waals surface area contributed by atoms with E-state index in [0.29, 0.717) is 23.9 Å². The van der Waals surface area contributed by atoms with E-state index in [1.807, 2.05) is 33.3 Å². The fraction of sp³-hybridized carbons (Fsp3) is 0.767. The molecule has 0 radical (unpaired) electrons. The maximum Gasteiger partial charge on any atom is 0.306 e. The van der Waals surface area contributed by atoms with Crippen LogP contribution in [-0.4, -0.2) is 69.4 Å². The van der Waals surface area contributed by atoms with Crippen molar-refractivity contribution in [3.63, 3.8) is 0 Å². The highest BCUT2D eigenvalue weighted by Gasteiger charge is 2.27. The van der Waals surface area contributed by atoms with Crippen LogP contribution in [0.3, 0.4) is 0 Å². The first-order valence-corrected chi connectivity index (χ1v) is 30.2. The molecule has 0 bridgehead atoms. The molecule has 0 aromatic carbocycles. The number of unbranched alkanes of at least 4 members (excludes halogenated alkanes) is 25. The lowest BCUT2D eigenvalue weighted by atomic mass is 10.0. The van der Waals surface area contributed by atoms with Crippen LogP contribution >= 0.6 is 7.82 Å². The van der Waals surface area contributed by atoms with Gasteiger partial charge in [0.05, 0.1) is 33.8 Å². The largest absolute Gasteiger partial charge is 0.756 e. The van der Waals surface area contributed by atoms with Gasteiger partial charge in [-0.2, -0.15) is 0 Å². The van der Waals surface area contributed by atoms with E-state index in [1.165, 1.54) is 89.9 Å². The van der Waals surface area contributed by atoms with Crippen LogP contribution < -0.4 is 10.2 Å². The number of hydrogen-bond acceptors (Lipinski definition) is 7. The Bertz CT molecular complexity index is 1430. The minimum atomic E-state index is -4.70. The molecule has 406 valence electrons. The highest BCUT2D eigenvalue weighted by Crippen LogP contribution is 2.38. The molecule has 1 N–H and O–H groups in total. The third kappa shape index (κ3) is 50.4. The first kappa shape index (κ1) is 67.5. The highest BCUT2D eigenvalue weighted by atomic mass is 31.2. The minimum absolute atomic E-state index is 0.0296. The quantitative estimate of drug-likeness (QED) is 0.0212. The Kier molecular flexibility index (Phi) is 48.2. The van der Waals surface area contributed by atoms with Crippen LogP contribution in [-0.2, 0) is 27.9 Å². The zero-order valence-electron chi connectivity index (χ0n) is 46.2. The Labute approximate surface area is 432 Å². The Morgan fingerprint density at radius 1 is 0.500 bits per heavy atom. The van der Waals surface area contributed by atoms with Crippen molar-refractivity contribution in [2.45, 2.75) is 258 Å². The van der Waals surface area contributed by atoms with Gasteiger partial charge in [-0.15, -0.1) is 0 Å². The molecule has 3 unspecified atom stereocenters. The van der Waals surface area contributed by atoms with Gasteiger partial charge in [-0.25, -0.2) is 0 Å². The predicted molar refractivity (Wildman–Crippen MR) is 298 cm³/mol. The van der Waals surface area contributed by atoms with Gasteiger partial charge >= 0.3 is 5.97 Å². The molecule has 0 aliphatic rings. The summed E-state index contributed by atoms with van der Waals surface area (Å²) in [4.78, 5) is 39.8. The number of hydrogen-bond donors (Lipinski definition) is 1. The summed E-state index contributed by atoms with van der Waals surface area (Å²) in [7, 11) is 1.16. The molecule has 10 heteroatoms. The van der Waals surface area contributed by atoms with E-state index in [2.05, 4.69) is 86.8 Å². The molecule has 0 saturated carbocycles. The van der Waals surface area contributed by atoms with Crippen molar-refractivity contribution in [1.29, 1.82) is 0 Å². The summed E-state index contributed by atoms with van der Waals surface area (Å²) >= 11 is 0. The van der Waals surface area contributed by atoms with E-state index in [-0.39, 0.29) is 24.9 Å². The Balaban J connectivity index is 5.32. The first-order chi connectivity index (χ1) is 33.9. The summed E-state index contributed by atoms with van der Waals surface area (Å²) < 4.78 is 30.2. The van der Waals surface area contributed by atoms with Crippen molar-refractivity contribution in [3.05, 3.63) is 72.9 Å². The number of esters is 1. The van der Waals surface area contributed by atoms with Crippen LogP contribution in [0.5, 0.6) is 0 Å². The maximum absolute atomic E-state index is 13.4. The third-order valence-electron chi connectivity index (χ3n) is 12.4. The van der Waals surface area contributed by atoms with Gasteiger partial charge in [0.15, 0.2) is 0 Å². The third-order valence-corrected chi connectivity index (χ3v) is 13.3. The SMILES string of the molecule is CCCC/C=C\CCCCCCCC(=O)NC(COP(=O)([O-])OCC[N+](C)(C)C)C(/C=C\CCCCCCCCCCCC)OC(=O)CCCCCCC/C=C\C/C=C\C/C=C\C/C=C\CCCCC. The molecule has 0 aliphatic heterocycles. The monoisotopic (exact) mass is 1000 g/mol. The second-order valence-corrected chi connectivity index (χ2v) is 21.8. The highest BCUT2D eigenvalue weighted by molar-refractivity contribution is 7.45. The van der Waals surface area contributed by atoms with E-state index in [1.54, 1.807) is 0 Å². The van der Waals surface area contributed by atoms with Crippen LogP contribution in [0, 0.1) is 0 Å². The Morgan fingerprint density at radius 2 is 0.886 bits per heavy atom. The molecular formula is C60H109N2O7P. The Morgan fingerprint density at radius 3 is 1.39 bits per heavy atom. The van der Waals surface area contributed by atoms with E-state index in [4.69, 9.17) is 13.8 Å². The second kappa shape index (κ2) is 50.0. The molecular weight excluding hydrogens is 892 g/mol. The van der Waals surface area contributed by atoms with Crippen molar-refractivity contribution in [2.24, 2.45) is 0 Å². The molecule has 0 aromatic heterocycles. The molecule has 0 saturated heterocycles. The normalized spacial score (nSPS) is 14.3. The van der Waals surface area contributed by atoms with Gasteiger partial charge in [-0.05, 0) is 96.0 Å². The predicted octanol–water partition coefficient (Wildman–Crippen LogP) is 16.6. The lowest BCUT2D eigenvalue weighted by molar-refractivity contribution is -0.870. The summed E-state index contributed by atoms with van der Waals surface area (Å²) in [5, 5.41) is 3.00. The number of amides is 1. The number of allylic oxidation sites excluding steroid dienone is 11. The molecule has 0 fully saturated rings. The lowest BCUT2D eigenvalue weighted by Crippen LogP contribution is -2.47. The molecule has 0 heterocycles. The molecule has 0 aliphatic carbocycles. The number of carbonyl (C=O) groups excluding carboxylic acids is 2. The van der Waals surface area contributed by atoms with Crippen LogP contribution in [0.4, 0.5) is 0 Å². The average Bonchev–Trinajstić information content (AvgIpc) is 3.32.